The molecule has 0 aromatic carbocycles. The maximum atomic E-state index is 12.1. The van der Waals surface area contributed by atoms with Crippen molar-refractivity contribution in [1.29, 1.82) is 0 Å². The number of esters is 1. The van der Waals surface area contributed by atoms with Crippen molar-refractivity contribution in [2.75, 3.05) is 12.4 Å². The highest BCUT2D eigenvalue weighted by molar-refractivity contribution is 7.99. The van der Waals surface area contributed by atoms with Gasteiger partial charge in [-0.1, -0.05) is 11.8 Å². The number of nitrogens with zero attached hydrogens (tertiary/aromatic N) is 1. The molecule has 1 saturated carbocycles. The Balaban J connectivity index is 1.78. The molecule has 20 heavy (non-hydrogen) atoms. The SMILES string of the molecule is CCOC(=O)C(C)(CCCSc1ncco1)NC1CC1. The van der Waals surface area contributed by atoms with E-state index in [9.17, 15) is 4.79 Å². The Morgan fingerprint density at radius 1 is 1.65 bits per heavy atom. The highest BCUT2D eigenvalue weighted by atomic mass is 32.2. The topological polar surface area (TPSA) is 64.4 Å². The fourth-order valence-electron chi connectivity index (χ4n) is 2.07. The number of carbonyl (C=O) groups is 1. The van der Waals surface area contributed by atoms with Crippen molar-refractivity contribution in [2.45, 2.75) is 56.3 Å². The van der Waals surface area contributed by atoms with Gasteiger partial charge in [0.15, 0.2) is 0 Å². The number of carbonyl (C=O) groups excluding carboxylic acids is 1. The van der Waals surface area contributed by atoms with E-state index in [0.29, 0.717) is 17.9 Å². The fraction of sp³-hybridized carbons (Fsp3) is 0.714. The standard InChI is InChI=1S/C14H22N2O3S/c1-3-18-12(17)14(2,16-11-5-6-11)7-4-10-20-13-15-8-9-19-13/h8-9,11,16H,3-7,10H2,1-2H3. The van der Waals surface area contributed by atoms with Crippen molar-refractivity contribution in [1.82, 2.24) is 10.3 Å². The summed E-state index contributed by atoms with van der Waals surface area (Å²) in [7, 11) is 0. The molecule has 1 aromatic rings. The predicted molar refractivity (Wildman–Crippen MR) is 77.7 cm³/mol. The smallest absolute Gasteiger partial charge is 0.326 e. The molecule has 0 amide bonds. The third-order valence-electron chi connectivity index (χ3n) is 3.28. The first-order valence-corrected chi connectivity index (χ1v) is 8.10. The molecule has 0 spiro atoms. The van der Waals surface area contributed by atoms with Gasteiger partial charge in [0.25, 0.3) is 5.22 Å². The summed E-state index contributed by atoms with van der Waals surface area (Å²) < 4.78 is 10.4. The molecule has 0 radical (unpaired) electrons. The van der Waals surface area contributed by atoms with E-state index < -0.39 is 5.54 Å². The summed E-state index contributed by atoms with van der Waals surface area (Å²) >= 11 is 1.57. The minimum absolute atomic E-state index is 0.145. The van der Waals surface area contributed by atoms with E-state index in [-0.39, 0.29) is 5.97 Å². The number of ether oxygens (including phenoxy) is 1. The summed E-state index contributed by atoms with van der Waals surface area (Å²) in [6.07, 6.45) is 7.18. The van der Waals surface area contributed by atoms with Crippen LogP contribution in [0.4, 0.5) is 0 Å². The Morgan fingerprint density at radius 3 is 3.05 bits per heavy atom. The van der Waals surface area contributed by atoms with E-state index in [0.717, 1.165) is 31.4 Å². The largest absolute Gasteiger partial charge is 0.465 e. The first-order chi connectivity index (χ1) is 9.64. The van der Waals surface area contributed by atoms with Crippen LogP contribution in [-0.4, -0.2) is 34.9 Å². The normalized spacial score (nSPS) is 17.7. The number of thioether (sulfide) groups is 1. The van der Waals surface area contributed by atoms with Gasteiger partial charge in [0, 0.05) is 11.8 Å². The summed E-state index contributed by atoms with van der Waals surface area (Å²) in [6.45, 7) is 4.21. The van der Waals surface area contributed by atoms with Crippen LogP contribution in [-0.2, 0) is 9.53 Å². The Morgan fingerprint density at radius 2 is 2.45 bits per heavy atom. The highest BCUT2D eigenvalue weighted by Crippen LogP contribution is 2.27. The van der Waals surface area contributed by atoms with Crippen LogP contribution in [0.2, 0.25) is 0 Å². The lowest BCUT2D eigenvalue weighted by Gasteiger charge is -2.28. The average molecular weight is 298 g/mol. The molecule has 1 aliphatic carbocycles. The van der Waals surface area contributed by atoms with Gasteiger partial charge < -0.3 is 9.15 Å². The van der Waals surface area contributed by atoms with Gasteiger partial charge in [0.1, 0.15) is 11.8 Å². The van der Waals surface area contributed by atoms with E-state index in [4.69, 9.17) is 9.15 Å². The van der Waals surface area contributed by atoms with Crippen LogP contribution >= 0.6 is 11.8 Å². The first kappa shape index (κ1) is 15.4. The second-order valence-corrected chi connectivity index (χ2v) is 6.27. The molecule has 1 atom stereocenters. The summed E-state index contributed by atoms with van der Waals surface area (Å²) in [4.78, 5) is 16.2. The molecule has 112 valence electrons. The molecule has 1 aliphatic rings. The van der Waals surface area contributed by atoms with Crippen molar-refractivity contribution >= 4 is 17.7 Å². The molecule has 6 heteroatoms. The molecule has 5 nitrogen and oxygen atoms in total. The molecule has 0 saturated heterocycles. The Kier molecular flexibility index (Phi) is 5.48. The zero-order valence-corrected chi connectivity index (χ0v) is 12.9. The maximum absolute atomic E-state index is 12.1. The summed E-state index contributed by atoms with van der Waals surface area (Å²) in [5.74, 6) is 0.731. The van der Waals surface area contributed by atoms with Crippen LogP contribution in [0.3, 0.4) is 0 Å². The van der Waals surface area contributed by atoms with Crippen molar-refractivity contribution in [3.8, 4) is 0 Å². The molecule has 1 N–H and O–H groups in total. The van der Waals surface area contributed by atoms with E-state index in [1.165, 1.54) is 0 Å². The molecule has 0 aliphatic heterocycles. The van der Waals surface area contributed by atoms with Crippen LogP contribution in [0.1, 0.15) is 39.5 Å². The quantitative estimate of drug-likeness (QED) is 0.429. The number of rotatable bonds is 9. The van der Waals surface area contributed by atoms with Crippen molar-refractivity contribution in [3.63, 3.8) is 0 Å². The molecular formula is C14H22N2O3S. The van der Waals surface area contributed by atoms with Gasteiger partial charge >= 0.3 is 5.97 Å². The minimum atomic E-state index is -0.575. The number of hydrogen-bond donors (Lipinski definition) is 1. The molecule has 1 fully saturated rings. The van der Waals surface area contributed by atoms with E-state index in [1.54, 1.807) is 24.2 Å². The molecule has 0 bridgehead atoms. The lowest BCUT2D eigenvalue weighted by molar-refractivity contribution is -0.151. The number of oxazole rings is 1. The zero-order chi connectivity index (χ0) is 14.4. The third-order valence-corrected chi connectivity index (χ3v) is 4.22. The third kappa shape index (κ3) is 4.52. The summed E-state index contributed by atoms with van der Waals surface area (Å²) in [5, 5.41) is 4.10. The minimum Gasteiger partial charge on any atom is -0.465 e. The van der Waals surface area contributed by atoms with E-state index >= 15 is 0 Å². The lowest BCUT2D eigenvalue weighted by atomic mass is 9.96. The first-order valence-electron chi connectivity index (χ1n) is 7.11. The van der Waals surface area contributed by atoms with Crippen LogP contribution < -0.4 is 5.32 Å². The second kappa shape index (κ2) is 7.13. The van der Waals surface area contributed by atoms with Crippen LogP contribution in [0.25, 0.3) is 0 Å². The van der Waals surface area contributed by atoms with Gasteiger partial charge in [-0.25, -0.2) is 4.98 Å². The Hall–Kier alpha value is -1.01. The summed E-state index contributed by atoms with van der Waals surface area (Å²) in [5.41, 5.74) is -0.575. The second-order valence-electron chi connectivity index (χ2n) is 5.22. The van der Waals surface area contributed by atoms with E-state index in [2.05, 4.69) is 10.3 Å². The average Bonchev–Trinajstić information content (AvgIpc) is 3.07. The van der Waals surface area contributed by atoms with E-state index in [1.807, 2.05) is 13.8 Å². The molecule has 2 rings (SSSR count). The Bertz CT molecular complexity index is 420. The molecule has 1 aromatic heterocycles. The monoisotopic (exact) mass is 298 g/mol. The number of nitrogens with one attached hydrogen (secondary N) is 1. The van der Waals surface area contributed by atoms with Crippen molar-refractivity contribution in [3.05, 3.63) is 12.5 Å². The van der Waals surface area contributed by atoms with Crippen LogP contribution in [0, 0.1) is 0 Å². The fourth-order valence-corrected chi connectivity index (χ4v) is 2.79. The predicted octanol–water partition coefficient (Wildman–Crippen LogP) is 2.62. The van der Waals surface area contributed by atoms with Gasteiger partial charge in [-0.05, 0) is 39.5 Å². The zero-order valence-electron chi connectivity index (χ0n) is 12.1. The van der Waals surface area contributed by atoms with Crippen molar-refractivity contribution in [2.24, 2.45) is 0 Å². The Labute approximate surface area is 123 Å². The number of aromatic nitrogens is 1. The lowest BCUT2D eigenvalue weighted by Crippen LogP contribution is -2.51. The van der Waals surface area contributed by atoms with Crippen LogP contribution in [0.15, 0.2) is 22.1 Å². The van der Waals surface area contributed by atoms with Gasteiger partial charge in [-0.2, -0.15) is 0 Å². The van der Waals surface area contributed by atoms with Crippen LogP contribution in [0.5, 0.6) is 0 Å². The van der Waals surface area contributed by atoms with Gasteiger partial charge in [-0.15, -0.1) is 0 Å². The highest BCUT2D eigenvalue weighted by Gasteiger charge is 2.39. The van der Waals surface area contributed by atoms with Crippen molar-refractivity contribution < 1.29 is 13.9 Å². The van der Waals surface area contributed by atoms with Gasteiger partial charge in [0.2, 0.25) is 0 Å². The maximum Gasteiger partial charge on any atom is 0.326 e. The molecular weight excluding hydrogens is 276 g/mol. The van der Waals surface area contributed by atoms with Gasteiger partial charge in [0.05, 0.1) is 12.8 Å². The summed E-state index contributed by atoms with van der Waals surface area (Å²) in [6, 6.07) is 0.476. The molecule has 1 unspecified atom stereocenters. The molecule has 1 heterocycles. The number of hydrogen-bond acceptors (Lipinski definition) is 6. The van der Waals surface area contributed by atoms with Gasteiger partial charge in [-0.3, -0.25) is 10.1 Å².